The van der Waals surface area contributed by atoms with Crippen LogP contribution in [-0.2, 0) is 9.53 Å². The van der Waals surface area contributed by atoms with Crippen molar-refractivity contribution in [3.63, 3.8) is 0 Å². The van der Waals surface area contributed by atoms with Crippen LogP contribution in [0.25, 0.3) is 0 Å². The van der Waals surface area contributed by atoms with Crippen LogP contribution in [0.1, 0.15) is 82.8 Å². The van der Waals surface area contributed by atoms with Crippen LogP contribution >= 0.6 is 0 Å². The molecule has 2 heterocycles. The molecule has 0 radical (unpaired) electrons. The minimum atomic E-state index is -0.331. The van der Waals surface area contributed by atoms with Gasteiger partial charge in [-0.05, 0) is 38.5 Å². The lowest BCUT2D eigenvalue weighted by atomic mass is 9.85. The molecular formula is C18H29N3O3. The third kappa shape index (κ3) is 4.15. The minimum absolute atomic E-state index is 0.130. The maximum Gasteiger partial charge on any atom is 0.229 e. The number of carbonyl (C=O) groups excluding carboxylic acids is 1. The molecule has 134 valence electrons. The summed E-state index contributed by atoms with van der Waals surface area (Å²) in [5.41, 5.74) is -0.331. The zero-order valence-electron chi connectivity index (χ0n) is 15.0. The molecular weight excluding hydrogens is 306 g/mol. The second-order valence-corrected chi connectivity index (χ2v) is 8.15. The highest BCUT2D eigenvalue weighted by Gasteiger charge is 2.30. The predicted octanol–water partition coefficient (Wildman–Crippen LogP) is 3.15. The van der Waals surface area contributed by atoms with E-state index in [2.05, 4.69) is 15.5 Å². The molecule has 3 rings (SSSR count). The van der Waals surface area contributed by atoms with Crippen LogP contribution in [0.3, 0.4) is 0 Å². The van der Waals surface area contributed by atoms with Crippen molar-refractivity contribution in [1.29, 1.82) is 0 Å². The Bertz CT molecular complexity index is 550. The first kappa shape index (κ1) is 17.4. The van der Waals surface area contributed by atoms with E-state index < -0.39 is 0 Å². The third-order valence-corrected chi connectivity index (χ3v) is 5.14. The van der Waals surface area contributed by atoms with Crippen LogP contribution < -0.4 is 5.32 Å². The molecule has 0 aromatic carbocycles. The highest BCUT2D eigenvalue weighted by atomic mass is 16.5. The lowest BCUT2D eigenvalue weighted by Crippen LogP contribution is -2.43. The first-order chi connectivity index (χ1) is 11.4. The average Bonchev–Trinajstić information content (AvgIpc) is 3.05. The number of aromatic nitrogens is 2. The van der Waals surface area contributed by atoms with Gasteiger partial charge in [0.1, 0.15) is 0 Å². The Labute approximate surface area is 143 Å². The number of carbonyl (C=O) groups is 1. The van der Waals surface area contributed by atoms with Gasteiger partial charge in [0.05, 0.1) is 0 Å². The summed E-state index contributed by atoms with van der Waals surface area (Å²) in [6.07, 6.45) is 5.88. The van der Waals surface area contributed by atoms with Crippen molar-refractivity contribution >= 4 is 5.91 Å². The Morgan fingerprint density at radius 3 is 2.33 bits per heavy atom. The van der Waals surface area contributed by atoms with E-state index in [9.17, 15) is 4.79 Å². The number of hydrogen-bond donors (Lipinski definition) is 1. The number of ether oxygens (including phenoxy) is 1. The highest BCUT2D eigenvalue weighted by molar-refractivity contribution is 5.81. The number of hydrogen-bond acceptors (Lipinski definition) is 5. The van der Waals surface area contributed by atoms with Crippen LogP contribution in [0.5, 0.6) is 0 Å². The lowest BCUT2D eigenvalue weighted by Gasteiger charge is -2.29. The summed E-state index contributed by atoms with van der Waals surface area (Å²) in [6, 6.07) is 0.269. The largest absolute Gasteiger partial charge is 0.381 e. The van der Waals surface area contributed by atoms with Gasteiger partial charge in [0.2, 0.25) is 11.8 Å². The third-order valence-electron chi connectivity index (χ3n) is 5.14. The normalized spacial score (nSPS) is 26.3. The first-order valence-electron chi connectivity index (χ1n) is 9.15. The van der Waals surface area contributed by atoms with E-state index in [1.54, 1.807) is 0 Å². The summed E-state index contributed by atoms with van der Waals surface area (Å²) in [6.45, 7) is 7.42. The van der Waals surface area contributed by atoms with E-state index in [0.717, 1.165) is 63.5 Å². The van der Waals surface area contributed by atoms with Gasteiger partial charge < -0.3 is 14.6 Å². The quantitative estimate of drug-likeness (QED) is 0.918. The summed E-state index contributed by atoms with van der Waals surface area (Å²) in [5, 5.41) is 7.37. The van der Waals surface area contributed by atoms with Gasteiger partial charge in [-0.1, -0.05) is 25.9 Å². The Balaban J connectivity index is 1.51. The molecule has 0 bridgehead atoms. The lowest BCUT2D eigenvalue weighted by molar-refractivity contribution is -0.129. The zero-order chi connectivity index (χ0) is 17.2. The molecule has 1 aliphatic carbocycles. The first-order valence-corrected chi connectivity index (χ1v) is 9.15. The molecule has 0 unspecified atom stereocenters. The monoisotopic (exact) mass is 335 g/mol. The standard InChI is InChI=1S/C18H29N3O3/c1-18(2,3)17(22)19-14-6-4-13(5-7-14)16-20-15(21-24-16)12-8-10-23-11-9-12/h12-14H,4-11H2,1-3H3,(H,19,22). The highest BCUT2D eigenvalue weighted by Crippen LogP contribution is 2.34. The van der Waals surface area contributed by atoms with Gasteiger partial charge in [-0.3, -0.25) is 4.79 Å². The van der Waals surface area contributed by atoms with Gasteiger partial charge in [0.25, 0.3) is 0 Å². The summed E-state index contributed by atoms with van der Waals surface area (Å²) >= 11 is 0. The molecule has 2 aliphatic rings. The summed E-state index contributed by atoms with van der Waals surface area (Å²) in [7, 11) is 0. The molecule has 2 fully saturated rings. The Hall–Kier alpha value is -1.43. The summed E-state index contributed by atoms with van der Waals surface area (Å²) in [5.74, 6) is 2.45. The molecule has 1 amide bonds. The van der Waals surface area contributed by atoms with Crippen molar-refractivity contribution in [3.8, 4) is 0 Å². The van der Waals surface area contributed by atoms with Crippen LogP contribution in [0.15, 0.2) is 4.52 Å². The number of nitrogens with zero attached hydrogens (tertiary/aromatic N) is 2. The molecule has 0 spiro atoms. The maximum absolute atomic E-state index is 12.1. The zero-order valence-corrected chi connectivity index (χ0v) is 15.0. The van der Waals surface area contributed by atoms with Gasteiger partial charge in [-0.15, -0.1) is 0 Å². The smallest absolute Gasteiger partial charge is 0.229 e. The SMILES string of the molecule is CC(C)(C)C(=O)NC1CCC(c2nc(C3CCOCC3)no2)CC1. The van der Waals surface area contributed by atoms with Gasteiger partial charge in [0.15, 0.2) is 5.82 Å². The van der Waals surface area contributed by atoms with E-state index in [0.29, 0.717) is 11.8 Å². The summed E-state index contributed by atoms with van der Waals surface area (Å²) in [4.78, 5) is 16.8. The second kappa shape index (κ2) is 7.21. The molecule has 6 heteroatoms. The molecule has 1 saturated carbocycles. The molecule has 0 atom stereocenters. The molecule has 24 heavy (non-hydrogen) atoms. The Morgan fingerprint density at radius 2 is 1.71 bits per heavy atom. The Kier molecular flexibility index (Phi) is 5.23. The van der Waals surface area contributed by atoms with Crippen molar-refractivity contribution in [1.82, 2.24) is 15.5 Å². The van der Waals surface area contributed by atoms with E-state index in [-0.39, 0.29) is 17.4 Å². The van der Waals surface area contributed by atoms with Gasteiger partial charge in [-0.25, -0.2) is 0 Å². The van der Waals surface area contributed by atoms with E-state index in [1.807, 2.05) is 20.8 Å². The number of nitrogens with one attached hydrogen (secondary N) is 1. The molecule has 1 aliphatic heterocycles. The topological polar surface area (TPSA) is 77.2 Å². The van der Waals surface area contributed by atoms with Crippen molar-refractivity contribution in [3.05, 3.63) is 11.7 Å². The van der Waals surface area contributed by atoms with Crippen molar-refractivity contribution in [2.24, 2.45) is 5.41 Å². The van der Waals surface area contributed by atoms with Crippen LogP contribution in [-0.4, -0.2) is 35.3 Å². The summed E-state index contributed by atoms with van der Waals surface area (Å²) < 4.78 is 10.9. The predicted molar refractivity (Wildman–Crippen MR) is 89.7 cm³/mol. The fraction of sp³-hybridized carbons (Fsp3) is 0.833. The van der Waals surface area contributed by atoms with Gasteiger partial charge in [-0.2, -0.15) is 4.98 Å². The van der Waals surface area contributed by atoms with Crippen molar-refractivity contribution < 1.29 is 14.1 Å². The minimum Gasteiger partial charge on any atom is -0.381 e. The van der Waals surface area contributed by atoms with Crippen LogP contribution in [0, 0.1) is 5.41 Å². The van der Waals surface area contributed by atoms with E-state index >= 15 is 0 Å². The van der Waals surface area contributed by atoms with E-state index in [1.165, 1.54) is 0 Å². The second-order valence-electron chi connectivity index (χ2n) is 8.15. The average molecular weight is 335 g/mol. The maximum atomic E-state index is 12.1. The van der Waals surface area contributed by atoms with Crippen molar-refractivity contribution in [2.45, 2.75) is 77.2 Å². The van der Waals surface area contributed by atoms with Crippen molar-refractivity contribution in [2.75, 3.05) is 13.2 Å². The van der Waals surface area contributed by atoms with Crippen LogP contribution in [0.2, 0.25) is 0 Å². The molecule has 1 aromatic rings. The van der Waals surface area contributed by atoms with Gasteiger partial charge in [0, 0.05) is 36.5 Å². The fourth-order valence-electron chi connectivity index (χ4n) is 3.42. The Morgan fingerprint density at radius 1 is 1.04 bits per heavy atom. The number of rotatable bonds is 3. The molecule has 1 N–H and O–H groups in total. The fourth-order valence-corrected chi connectivity index (χ4v) is 3.42. The van der Waals surface area contributed by atoms with Gasteiger partial charge >= 0.3 is 0 Å². The van der Waals surface area contributed by atoms with E-state index in [4.69, 9.17) is 9.26 Å². The number of amides is 1. The molecule has 1 saturated heterocycles. The molecule has 1 aromatic heterocycles. The van der Waals surface area contributed by atoms with Crippen LogP contribution in [0.4, 0.5) is 0 Å². The molecule has 6 nitrogen and oxygen atoms in total.